The molecule has 2 bridgehead atoms. The molecular weight excluding hydrogens is 268 g/mol. The van der Waals surface area contributed by atoms with Crippen molar-refractivity contribution in [3.63, 3.8) is 0 Å². The van der Waals surface area contributed by atoms with Gasteiger partial charge in [0.05, 0.1) is 0 Å². The van der Waals surface area contributed by atoms with E-state index in [1.807, 2.05) is 0 Å². The fourth-order valence-electron chi connectivity index (χ4n) is 4.84. The van der Waals surface area contributed by atoms with E-state index in [2.05, 4.69) is 61.1 Å². The molecule has 4 rings (SSSR count). The maximum atomic E-state index is 3.70. The molecule has 1 N–H and O–H groups in total. The molecule has 3 unspecified atom stereocenters. The predicted octanol–water partition coefficient (Wildman–Crippen LogP) is 4.17. The maximum Gasteiger partial charge on any atom is 0.0458 e. The van der Waals surface area contributed by atoms with Crippen LogP contribution in [-0.2, 0) is 12.8 Å². The Morgan fingerprint density at radius 1 is 1.27 bits per heavy atom. The Balaban J connectivity index is 1.82. The lowest BCUT2D eigenvalue weighted by molar-refractivity contribution is 0.113. The highest BCUT2D eigenvalue weighted by molar-refractivity contribution is 5.84. The van der Waals surface area contributed by atoms with Gasteiger partial charge in [-0.15, -0.1) is 0 Å². The molecule has 1 aliphatic carbocycles. The van der Waals surface area contributed by atoms with Crippen LogP contribution < -0.4 is 0 Å². The summed E-state index contributed by atoms with van der Waals surface area (Å²) in [6.07, 6.45) is 6.02. The van der Waals surface area contributed by atoms with E-state index in [0.29, 0.717) is 6.04 Å². The Labute approximate surface area is 133 Å². The SMILES string of the molecule is CC=C1CN(C)C2Cc3c([nH]c4ccccc34)CCC1C2C. The Bertz CT molecular complexity index is 724. The number of aromatic nitrogens is 1. The zero-order chi connectivity index (χ0) is 15.3. The number of para-hydroxylation sites is 1. The van der Waals surface area contributed by atoms with Gasteiger partial charge >= 0.3 is 0 Å². The topological polar surface area (TPSA) is 19.0 Å². The van der Waals surface area contributed by atoms with Gasteiger partial charge in [-0.1, -0.05) is 36.8 Å². The molecule has 1 aliphatic heterocycles. The van der Waals surface area contributed by atoms with E-state index in [1.54, 1.807) is 11.1 Å². The lowest BCUT2D eigenvalue weighted by Gasteiger charge is -2.45. The average molecular weight is 294 g/mol. The van der Waals surface area contributed by atoms with Crippen LogP contribution in [0.15, 0.2) is 35.9 Å². The quantitative estimate of drug-likeness (QED) is 0.723. The van der Waals surface area contributed by atoms with E-state index >= 15 is 0 Å². The molecule has 0 radical (unpaired) electrons. The van der Waals surface area contributed by atoms with E-state index in [1.165, 1.54) is 35.9 Å². The molecule has 1 aromatic carbocycles. The Kier molecular flexibility index (Phi) is 3.37. The van der Waals surface area contributed by atoms with Gasteiger partial charge < -0.3 is 4.98 Å². The number of likely N-dealkylation sites (N-methyl/N-ethyl adjacent to an activating group) is 1. The number of likely N-dealkylation sites (tertiary alicyclic amines) is 1. The first-order valence-corrected chi connectivity index (χ1v) is 8.62. The van der Waals surface area contributed by atoms with Crippen molar-refractivity contribution >= 4 is 10.9 Å². The molecule has 3 atom stereocenters. The van der Waals surface area contributed by atoms with Gasteiger partial charge in [-0.05, 0) is 56.7 Å². The molecule has 1 fully saturated rings. The third kappa shape index (κ3) is 2.04. The van der Waals surface area contributed by atoms with Crippen molar-refractivity contribution in [2.45, 2.75) is 39.2 Å². The summed E-state index contributed by atoms with van der Waals surface area (Å²) in [4.78, 5) is 6.27. The summed E-state index contributed by atoms with van der Waals surface area (Å²) in [5.41, 5.74) is 6.01. The van der Waals surface area contributed by atoms with Crippen molar-refractivity contribution in [1.29, 1.82) is 0 Å². The molecular formula is C20H26N2. The van der Waals surface area contributed by atoms with Crippen LogP contribution >= 0.6 is 0 Å². The number of hydrogen-bond acceptors (Lipinski definition) is 1. The number of fused-ring (bicyclic) bond motifs is 5. The lowest BCUT2D eigenvalue weighted by atomic mass is 9.71. The van der Waals surface area contributed by atoms with Crippen molar-refractivity contribution in [2.75, 3.05) is 13.6 Å². The van der Waals surface area contributed by atoms with Crippen LogP contribution in [0, 0.1) is 11.8 Å². The minimum Gasteiger partial charge on any atom is -0.358 e. The monoisotopic (exact) mass is 294 g/mol. The van der Waals surface area contributed by atoms with Gasteiger partial charge in [0.2, 0.25) is 0 Å². The smallest absolute Gasteiger partial charge is 0.0458 e. The maximum absolute atomic E-state index is 3.70. The molecule has 22 heavy (non-hydrogen) atoms. The number of nitrogens with one attached hydrogen (secondary N) is 1. The Morgan fingerprint density at radius 2 is 2.09 bits per heavy atom. The van der Waals surface area contributed by atoms with Gasteiger partial charge in [0, 0.05) is 29.2 Å². The zero-order valence-corrected chi connectivity index (χ0v) is 13.9. The summed E-state index contributed by atoms with van der Waals surface area (Å²) < 4.78 is 0. The second-order valence-corrected chi connectivity index (χ2v) is 7.18. The van der Waals surface area contributed by atoms with Crippen molar-refractivity contribution < 1.29 is 0 Å². The number of aromatic amines is 1. The van der Waals surface area contributed by atoms with Gasteiger partial charge in [0.1, 0.15) is 0 Å². The zero-order valence-electron chi connectivity index (χ0n) is 13.9. The molecule has 2 heteroatoms. The summed E-state index contributed by atoms with van der Waals surface area (Å²) in [7, 11) is 2.30. The van der Waals surface area contributed by atoms with Crippen molar-refractivity contribution in [3.8, 4) is 0 Å². The summed E-state index contributed by atoms with van der Waals surface area (Å²) in [5, 5.41) is 1.44. The van der Waals surface area contributed by atoms with Crippen LogP contribution in [0.25, 0.3) is 10.9 Å². The number of H-pyrrole nitrogens is 1. The molecule has 0 amide bonds. The third-order valence-electron chi connectivity index (χ3n) is 6.11. The number of piperidine rings is 1. The van der Waals surface area contributed by atoms with E-state index in [9.17, 15) is 0 Å². The second kappa shape index (κ2) is 5.27. The molecule has 0 saturated carbocycles. The molecule has 1 saturated heterocycles. The molecule has 2 aromatic rings. The van der Waals surface area contributed by atoms with Gasteiger partial charge in [-0.25, -0.2) is 0 Å². The van der Waals surface area contributed by atoms with E-state index < -0.39 is 0 Å². The molecule has 2 nitrogen and oxygen atoms in total. The van der Waals surface area contributed by atoms with Crippen molar-refractivity contribution in [2.24, 2.45) is 11.8 Å². The predicted molar refractivity (Wildman–Crippen MR) is 93.2 cm³/mol. The van der Waals surface area contributed by atoms with E-state index in [0.717, 1.165) is 18.4 Å². The number of aryl methyl sites for hydroxylation is 1. The van der Waals surface area contributed by atoms with E-state index in [-0.39, 0.29) is 0 Å². The van der Waals surface area contributed by atoms with Crippen LogP contribution in [0.1, 0.15) is 31.5 Å². The largest absolute Gasteiger partial charge is 0.358 e. The van der Waals surface area contributed by atoms with Crippen molar-refractivity contribution in [3.05, 3.63) is 47.2 Å². The normalized spacial score (nSPS) is 31.0. The van der Waals surface area contributed by atoms with Gasteiger partial charge in [0.25, 0.3) is 0 Å². The first-order chi connectivity index (χ1) is 10.7. The van der Waals surface area contributed by atoms with Gasteiger partial charge in [-0.3, -0.25) is 4.90 Å². The average Bonchev–Trinajstić information content (AvgIpc) is 2.86. The molecule has 1 aromatic heterocycles. The highest BCUT2D eigenvalue weighted by Crippen LogP contribution is 2.40. The van der Waals surface area contributed by atoms with Crippen LogP contribution in [0.5, 0.6) is 0 Å². The van der Waals surface area contributed by atoms with E-state index in [4.69, 9.17) is 0 Å². The minimum absolute atomic E-state index is 0.659. The highest BCUT2D eigenvalue weighted by atomic mass is 15.1. The second-order valence-electron chi connectivity index (χ2n) is 7.18. The molecule has 116 valence electrons. The number of allylic oxidation sites excluding steroid dienone is 1. The molecule has 2 heterocycles. The van der Waals surface area contributed by atoms with Crippen LogP contribution in [0.2, 0.25) is 0 Å². The van der Waals surface area contributed by atoms with Gasteiger partial charge in [0.15, 0.2) is 0 Å². The number of nitrogens with zero attached hydrogens (tertiary/aromatic N) is 1. The first kappa shape index (κ1) is 14.1. The summed E-state index contributed by atoms with van der Waals surface area (Å²) in [5.74, 6) is 1.50. The Morgan fingerprint density at radius 3 is 2.91 bits per heavy atom. The first-order valence-electron chi connectivity index (χ1n) is 8.62. The number of hydrogen-bond donors (Lipinski definition) is 1. The summed E-state index contributed by atoms with van der Waals surface area (Å²) in [6.45, 7) is 5.82. The fraction of sp³-hybridized carbons (Fsp3) is 0.500. The summed E-state index contributed by atoms with van der Waals surface area (Å²) >= 11 is 0. The van der Waals surface area contributed by atoms with Crippen LogP contribution in [0.3, 0.4) is 0 Å². The third-order valence-corrected chi connectivity index (χ3v) is 6.11. The Hall–Kier alpha value is -1.54. The minimum atomic E-state index is 0.659. The molecule has 2 aliphatic rings. The van der Waals surface area contributed by atoms with Crippen LogP contribution in [-0.4, -0.2) is 29.5 Å². The fourth-order valence-corrected chi connectivity index (χ4v) is 4.84. The number of benzene rings is 1. The summed E-state index contributed by atoms with van der Waals surface area (Å²) in [6, 6.07) is 9.47. The van der Waals surface area contributed by atoms with Crippen molar-refractivity contribution in [1.82, 2.24) is 9.88 Å². The lowest BCUT2D eigenvalue weighted by Crippen LogP contribution is -2.49. The molecule has 0 spiro atoms. The van der Waals surface area contributed by atoms with Gasteiger partial charge in [-0.2, -0.15) is 0 Å². The standard InChI is InChI=1S/C20H26N2/c1-4-14-12-22(3)20-11-17-16-7-5-6-8-18(16)21-19(17)10-9-15(14)13(20)2/h4-8,13,15,20-21H,9-12H2,1-3H3. The van der Waals surface area contributed by atoms with Crippen LogP contribution in [0.4, 0.5) is 0 Å². The number of rotatable bonds is 0. The highest BCUT2D eigenvalue weighted by Gasteiger charge is 2.38.